The molecule has 0 radical (unpaired) electrons. The van der Waals surface area contributed by atoms with E-state index in [-0.39, 0.29) is 6.67 Å². The van der Waals surface area contributed by atoms with Gasteiger partial charge >= 0.3 is 0 Å². The molecule has 1 aromatic carbocycles. The van der Waals surface area contributed by atoms with Crippen LogP contribution >= 0.6 is 0 Å². The first-order chi connectivity index (χ1) is 6.81. The van der Waals surface area contributed by atoms with Gasteiger partial charge in [-0.1, -0.05) is 24.3 Å². The molecule has 0 fully saturated rings. The first-order valence-electron chi connectivity index (χ1n) is 5.14. The minimum Gasteiger partial charge on any atom is -0.300 e. The van der Waals surface area contributed by atoms with Crippen molar-refractivity contribution >= 4 is 0 Å². The van der Waals surface area contributed by atoms with Crippen LogP contribution in [0.25, 0.3) is 0 Å². The molecule has 76 valence electrons. The van der Waals surface area contributed by atoms with E-state index in [1.807, 2.05) is 7.05 Å². The summed E-state index contributed by atoms with van der Waals surface area (Å²) < 4.78 is 12.2. The molecule has 0 N–H and O–H groups in total. The van der Waals surface area contributed by atoms with Gasteiger partial charge in [-0.15, -0.1) is 0 Å². The van der Waals surface area contributed by atoms with Gasteiger partial charge in [0.1, 0.15) is 6.67 Å². The Morgan fingerprint density at radius 2 is 1.86 bits per heavy atom. The van der Waals surface area contributed by atoms with Gasteiger partial charge in [-0.3, -0.25) is 0 Å². The Balaban J connectivity index is 2.04. The molecule has 14 heavy (non-hydrogen) atoms. The second-order valence-electron chi connectivity index (χ2n) is 4.00. The molecule has 2 rings (SSSR count). The Bertz CT molecular complexity index is 286. The minimum absolute atomic E-state index is 0.247. The number of alkyl halides is 1. The number of hydrogen-bond acceptors (Lipinski definition) is 1. The number of benzene rings is 1. The van der Waals surface area contributed by atoms with Gasteiger partial charge in [0.15, 0.2) is 0 Å². The second-order valence-corrected chi connectivity index (χ2v) is 4.00. The summed E-state index contributed by atoms with van der Waals surface area (Å²) in [5.74, 6) is 0. The van der Waals surface area contributed by atoms with Gasteiger partial charge in [-0.2, -0.15) is 0 Å². The molecule has 0 saturated heterocycles. The second kappa shape index (κ2) is 4.09. The van der Waals surface area contributed by atoms with Crippen LogP contribution in [0.3, 0.4) is 0 Å². The van der Waals surface area contributed by atoms with E-state index in [4.69, 9.17) is 0 Å². The maximum absolute atomic E-state index is 12.2. The van der Waals surface area contributed by atoms with E-state index >= 15 is 0 Å². The molecule has 0 atom stereocenters. The summed E-state index contributed by atoms with van der Waals surface area (Å²) in [7, 11) is 2.01. The molecule has 0 unspecified atom stereocenters. The topological polar surface area (TPSA) is 3.24 Å². The number of rotatable bonds is 3. The zero-order chi connectivity index (χ0) is 9.97. The smallest absolute Gasteiger partial charge is 0.102 e. The molecule has 0 spiro atoms. The first-order valence-corrected chi connectivity index (χ1v) is 5.14. The van der Waals surface area contributed by atoms with Gasteiger partial charge in [0.05, 0.1) is 0 Å². The van der Waals surface area contributed by atoms with E-state index in [1.54, 1.807) is 0 Å². The standard InChI is InChI=1S/C12H16FN/c1-14(7-6-13)12-8-10-4-2-3-5-11(10)9-12/h2-5,12H,6-9H2,1H3. The number of halogens is 1. The molecule has 1 nitrogen and oxygen atoms in total. The predicted molar refractivity (Wildman–Crippen MR) is 56.2 cm³/mol. The maximum atomic E-state index is 12.2. The highest BCUT2D eigenvalue weighted by Crippen LogP contribution is 2.24. The molecule has 1 aromatic rings. The van der Waals surface area contributed by atoms with Crippen LogP contribution in [0, 0.1) is 0 Å². The van der Waals surface area contributed by atoms with Crippen molar-refractivity contribution in [2.75, 3.05) is 20.3 Å². The highest BCUT2D eigenvalue weighted by atomic mass is 19.1. The third-order valence-electron chi connectivity index (χ3n) is 3.09. The lowest BCUT2D eigenvalue weighted by Crippen LogP contribution is -2.33. The summed E-state index contributed by atoms with van der Waals surface area (Å²) in [6.07, 6.45) is 2.15. The Hall–Kier alpha value is -0.890. The van der Waals surface area contributed by atoms with Gasteiger partial charge in [-0.25, -0.2) is 4.39 Å². The summed E-state index contributed by atoms with van der Waals surface area (Å²) in [4.78, 5) is 2.12. The van der Waals surface area contributed by atoms with Gasteiger partial charge < -0.3 is 4.90 Å². The van der Waals surface area contributed by atoms with E-state index in [0.717, 1.165) is 12.8 Å². The zero-order valence-electron chi connectivity index (χ0n) is 8.54. The minimum atomic E-state index is -0.247. The Labute approximate surface area is 84.5 Å². The largest absolute Gasteiger partial charge is 0.300 e. The molecule has 1 aliphatic carbocycles. The Morgan fingerprint density at radius 1 is 1.29 bits per heavy atom. The highest BCUT2D eigenvalue weighted by molar-refractivity contribution is 5.33. The molecule has 0 aromatic heterocycles. The van der Waals surface area contributed by atoms with Gasteiger partial charge in [0.25, 0.3) is 0 Å². The summed E-state index contributed by atoms with van der Waals surface area (Å²) in [6, 6.07) is 9.02. The summed E-state index contributed by atoms with van der Waals surface area (Å²) in [5.41, 5.74) is 2.87. The fourth-order valence-corrected chi connectivity index (χ4v) is 2.16. The van der Waals surface area contributed by atoms with E-state index in [2.05, 4.69) is 29.2 Å². The lowest BCUT2D eigenvalue weighted by molar-refractivity contribution is 0.227. The van der Waals surface area contributed by atoms with Gasteiger partial charge in [0, 0.05) is 12.6 Å². The molecule has 0 heterocycles. The number of nitrogens with zero attached hydrogens (tertiary/aromatic N) is 1. The fourth-order valence-electron chi connectivity index (χ4n) is 2.16. The Morgan fingerprint density at radius 3 is 2.36 bits per heavy atom. The summed E-state index contributed by atoms with van der Waals surface area (Å²) >= 11 is 0. The van der Waals surface area contributed by atoms with Crippen molar-refractivity contribution in [1.82, 2.24) is 4.90 Å². The summed E-state index contributed by atoms with van der Waals surface area (Å²) in [6.45, 7) is 0.308. The summed E-state index contributed by atoms with van der Waals surface area (Å²) in [5, 5.41) is 0. The van der Waals surface area contributed by atoms with Crippen molar-refractivity contribution < 1.29 is 4.39 Å². The van der Waals surface area contributed by atoms with Gasteiger partial charge in [0.2, 0.25) is 0 Å². The van der Waals surface area contributed by atoms with Crippen LogP contribution in [0.5, 0.6) is 0 Å². The average Bonchev–Trinajstić information content (AvgIpc) is 2.61. The number of hydrogen-bond donors (Lipinski definition) is 0. The van der Waals surface area contributed by atoms with Crippen LogP contribution in [0.4, 0.5) is 4.39 Å². The first kappa shape index (κ1) is 9.66. The lowest BCUT2D eigenvalue weighted by atomic mass is 10.1. The molecule has 1 aliphatic rings. The molecular weight excluding hydrogens is 177 g/mol. The van der Waals surface area contributed by atoms with E-state index in [0.29, 0.717) is 12.6 Å². The quantitative estimate of drug-likeness (QED) is 0.710. The van der Waals surface area contributed by atoms with Crippen molar-refractivity contribution in [1.29, 1.82) is 0 Å². The lowest BCUT2D eigenvalue weighted by Gasteiger charge is -2.22. The van der Waals surface area contributed by atoms with Crippen molar-refractivity contribution in [3.8, 4) is 0 Å². The van der Waals surface area contributed by atoms with Crippen LogP contribution in [-0.4, -0.2) is 31.2 Å². The van der Waals surface area contributed by atoms with Gasteiger partial charge in [-0.05, 0) is 31.0 Å². The van der Waals surface area contributed by atoms with Crippen molar-refractivity contribution in [2.24, 2.45) is 0 Å². The average molecular weight is 193 g/mol. The van der Waals surface area contributed by atoms with Crippen LogP contribution < -0.4 is 0 Å². The van der Waals surface area contributed by atoms with Crippen molar-refractivity contribution in [3.63, 3.8) is 0 Å². The van der Waals surface area contributed by atoms with Crippen LogP contribution in [0.2, 0.25) is 0 Å². The molecule has 0 saturated carbocycles. The molecule has 0 amide bonds. The van der Waals surface area contributed by atoms with Crippen molar-refractivity contribution in [3.05, 3.63) is 35.4 Å². The number of fused-ring (bicyclic) bond motifs is 1. The van der Waals surface area contributed by atoms with Crippen molar-refractivity contribution in [2.45, 2.75) is 18.9 Å². The van der Waals surface area contributed by atoms with Crippen LogP contribution in [-0.2, 0) is 12.8 Å². The molecular formula is C12H16FN. The molecule has 0 aliphatic heterocycles. The number of likely N-dealkylation sites (N-methyl/N-ethyl adjacent to an activating group) is 1. The monoisotopic (exact) mass is 193 g/mol. The maximum Gasteiger partial charge on any atom is 0.102 e. The third kappa shape index (κ3) is 1.80. The van der Waals surface area contributed by atoms with Crippen LogP contribution in [0.15, 0.2) is 24.3 Å². The molecule has 2 heteroatoms. The zero-order valence-corrected chi connectivity index (χ0v) is 8.54. The Kier molecular flexibility index (Phi) is 2.82. The van der Waals surface area contributed by atoms with E-state index in [1.165, 1.54) is 11.1 Å². The SMILES string of the molecule is CN(CCF)C1Cc2ccccc2C1. The predicted octanol–water partition coefficient (Wildman–Crippen LogP) is 2.06. The normalized spacial score (nSPS) is 16.2. The fraction of sp³-hybridized carbons (Fsp3) is 0.500. The van der Waals surface area contributed by atoms with E-state index in [9.17, 15) is 4.39 Å². The van der Waals surface area contributed by atoms with Crippen LogP contribution in [0.1, 0.15) is 11.1 Å². The highest BCUT2D eigenvalue weighted by Gasteiger charge is 2.23. The third-order valence-corrected chi connectivity index (χ3v) is 3.09. The van der Waals surface area contributed by atoms with E-state index < -0.39 is 0 Å². The molecule has 0 bridgehead atoms.